The maximum Gasteiger partial charge on any atom is 0.253 e. The number of nitrogens with zero attached hydrogens (tertiary/aromatic N) is 1. The smallest absolute Gasteiger partial charge is 0.253 e. The van der Waals surface area contributed by atoms with Crippen LogP contribution < -0.4 is 10.6 Å². The Balaban J connectivity index is 0.00000261. The van der Waals surface area contributed by atoms with Gasteiger partial charge in [-0.3, -0.25) is 9.59 Å². The van der Waals surface area contributed by atoms with Gasteiger partial charge in [0.25, 0.3) is 5.91 Å². The van der Waals surface area contributed by atoms with Crippen LogP contribution in [0.15, 0.2) is 24.3 Å². The molecule has 150 valence electrons. The zero-order chi connectivity index (χ0) is 18.4. The van der Waals surface area contributed by atoms with Crippen LogP contribution in [0.3, 0.4) is 0 Å². The van der Waals surface area contributed by atoms with E-state index in [0.29, 0.717) is 44.1 Å². The van der Waals surface area contributed by atoms with Crippen LogP contribution >= 0.6 is 12.4 Å². The Bertz CT molecular complexity index is 614. The van der Waals surface area contributed by atoms with Gasteiger partial charge in [-0.25, -0.2) is 0 Å². The number of hydrogen-bond donors (Lipinski definition) is 2. The van der Waals surface area contributed by atoms with E-state index in [1.807, 2.05) is 7.05 Å². The van der Waals surface area contributed by atoms with Crippen LogP contribution in [-0.4, -0.2) is 68.8 Å². The molecule has 2 amide bonds. The number of benzene rings is 1. The van der Waals surface area contributed by atoms with Crippen molar-refractivity contribution in [3.05, 3.63) is 29.8 Å². The Kier molecular flexibility index (Phi) is 8.50. The Morgan fingerprint density at radius 2 is 1.85 bits per heavy atom. The van der Waals surface area contributed by atoms with Crippen LogP contribution in [-0.2, 0) is 14.3 Å². The van der Waals surface area contributed by atoms with Crippen molar-refractivity contribution in [2.45, 2.75) is 31.3 Å². The summed E-state index contributed by atoms with van der Waals surface area (Å²) in [6.07, 6.45) is 2.11. The van der Waals surface area contributed by atoms with Crippen LogP contribution in [0, 0.1) is 0 Å². The molecular weight excluding hydrogens is 370 g/mol. The van der Waals surface area contributed by atoms with Gasteiger partial charge in [-0.15, -0.1) is 12.4 Å². The molecule has 1 aromatic rings. The fourth-order valence-corrected chi connectivity index (χ4v) is 3.32. The monoisotopic (exact) mass is 397 g/mol. The van der Waals surface area contributed by atoms with Crippen molar-refractivity contribution >= 4 is 29.9 Å². The first-order valence-electron chi connectivity index (χ1n) is 9.19. The minimum atomic E-state index is -0.0635. The highest BCUT2D eigenvalue weighted by Crippen LogP contribution is 2.17. The molecule has 0 aliphatic carbocycles. The average molecular weight is 398 g/mol. The van der Waals surface area contributed by atoms with E-state index in [1.165, 1.54) is 0 Å². The van der Waals surface area contributed by atoms with E-state index < -0.39 is 0 Å². The molecular formula is C19H28ClN3O4. The molecule has 0 aromatic heterocycles. The first-order valence-corrected chi connectivity index (χ1v) is 9.19. The highest BCUT2D eigenvalue weighted by atomic mass is 35.5. The zero-order valence-corrected chi connectivity index (χ0v) is 16.4. The number of carbonyl (C=O) groups is 2. The number of amides is 2. The molecule has 27 heavy (non-hydrogen) atoms. The van der Waals surface area contributed by atoms with Crippen molar-refractivity contribution in [1.29, 1.82) is 0 Å². The van der Waals surface area contributed by atoms with Crippen LogP contribution in [0.2, 0.25) is 0 Å². The lowest BCUT2D eigenvalue weighted by Gasteiger charge is -2.31. The maximum absolute atomic E-state index is 12.6. The van der Waals surface area contributed by atoms with Gasteiger partial charge in [0.1, 0.15) is 0 Å². The number of rotatable bonds is 5. The van der Waals surface area contributed by atoms with Gasteiger partial charge in [0.2, 0.25) is 5.91 Å². The molecule has 7 nitrogen and oxygen atoms in total. The normalized spacial score (nSPS) is 20.4. The molecule has 2 N–H and O–H groups in total. The summed E-state index contributed by atoms with van der Waals surface area (Å²) in [5.41, 5.74) is 1.32. The summed E-state index contributed by atoms with van der Waals surface area (Å²) >= 11 is 0. The van der Waals surface area contributed by atoms with E-state index in [2.05, 4.69) is 10.6 Å². The second kappa shape index (κ2) is 10.6. The van der Waals surface area contributed by atoms with Crippen molar-refractivity contribution in [1.82, 2.24) is 10.2 Å². The molecule has 0 bridgehead atoms. The van der Waals surface area contributed by atoms with Gasteiger partial charge in [0.15, 0.2) is 0 Å². The second-order valence-corrected chi connectivity index (χ2v) is 6.82. The molecule has 0 spiro atoms. The summed E-state index contributed by atoms with van der Waals surface area (Å²) in [4.78, 5) is 26.5. The third-order valence-corrected chi connectivity index (χ3v) is 4.90. The van der Waals surface area contributed by atoms with Crippen LogP contribution in [0.25, 0.3) is 0 Å². The van der Waals surface area contributed by atoms with Crippen molar-refractivity contribution in [3.63, 3.8) is 0 Å². The van der Waals surface area contributed by atoms with Gasteiger partial charge in [-0.2, -0.15) is 0 Å². The van der Waals surface area contributed by atoms with E-state index in [4.69, 9.17) is 9.47 Å². The number of ether oxygens (including phenoxy) is 2. The van der Waals surface area contributed by atoms with E-state index in [9.17, 15) is 9.59 Å². The fourth-order valence-electron chi connectivity index (χ4n) is 3.32. The van der Waals surface area contributed by atoms with Crippen molar-refractivity contribution in [2.75, 3.05) is 45.3 Å². The Morgan fingerprint density at radius 1 is 1.15 bits per heavy atom. The SMILES string of the molecule is CN(C(=O)c1ccc(NC(=O)CC2COCCN2)cc1)C1CCOCC1.Cl. The number of nitrogens with one attached hydrogen (secondary N) is 2. The minimum Gasteiger partial charge on any atom is -0.381 e. The van der Waals surface area contributed by atoms with Gasteiger partial charge in [0, 0.05) is 56.6 Å². The summed E-state index contributed by atoms with van der Waals surface area (Å²) in [6.45, 7) is 3.42. The molecule has 2 heterocycles. The molecule has 2 aliphatic heterocycles. The molecule has 1 atom stereocenters. The predicted octanol–water partition coefficient (Wildman–Crippen LogP) is 1.68. The standard InChI is InChI=1S/C19H27N3O4.ClH/c1-22(17-6-9-25-10-7-17)19(24)14-2-4-15(5-3-14)21-18(23)12-16-13-26-11-8-20-16;/h2-5,16-17,20H,6-13H2,1H3,(H,21,23);1H. The average Bonchev–Trinajstić information content (AvgIpc) is 2.69. The maximum atomic E-state index is 12.6. The number of anilines is 1. The molecule has 2 saturated heterocycles. The summed E-state index contributed by atoms with van der Waals surface area (Å²) in [5.74, 6) is -0.0651. The number of halogens is 1. The lowest BCUT2D eigenvalue weighted by molar-refractivity contribution is -0.117. The van der Waals surface area contributed by atoms with Gasteiger partial charge in [-0.05, 0) is 37.1 Å². The largest absolute Gasteiger partial charge is 0.381 e. The minimum absolute atomic E-state index is 0. The number of hydrogen-bond acceptors (Lipinski definition) is 5. The lowest BCUT2D eigenvalue weighted by Crippen LogP contribution is -2.43. The van der Waals surface area contributed by atoms with Gasteiger partial charge in [-0.1, -0.05) is 0 Å². The summed E-state index contributed by atoms with van der Waals surface area (Å²) < 4.78 is 10.7. The Labute approximate surface area is 166 Å². The van der Waals surface area contributed by atoms with Crippen LogP contribution in [0.4, 0.5) is 5.69 Å². The van der Waals surface area contributed by atoms with Gasteiger partial charge in [0.05, 0.1) is 13.2 Å². The molecule has 0 radical (unpaired) electrons. The molecule has 3 rings (SSSR count). The third-order valence-electron chi connectivity index (χ3n) is 4.90. The lowest BCUT2D eigenvalue weighted by atomic mass is 10.1. The summed E-state index contributed by atoms with van der Waals surface area (Å²) in [7, 11) is 1.84. The molecule has 1 aromatic carbocycles. The van der Waals surface area contributed by atoms with Crippen molar-refractivity contribution in [3.8, 4) is 0 Å². The van der Waals surface area contributed by atoms with Crippen LogP contribution in [0.1, 0.15) is 29.6 Å². The first kappa shape index (κ1) is 21.6. The number of morpholine rings is 1. The second-order valence-electron chi connectivity index (χ2n) is 6.82. The first-order chi connectivity index (χ1) is 12.6. The summed E-state index contributed by atoms with van der Waals surface area (Å²) in [6, 6.07) is 7.34. The Hall–Kier alpha value is -1.67. The van der Waals surface area contributed by atoms with Crippen LogP contribution in [0.5, 0.6) is 0 Å². The topological polar surface area (TPSA) is 79.9 Å². The number of carbonyl (C=O) groups excluding carboxylic acids is 2. The van der Waals surface area contributed by atoms with Gasteiger partial charge >= 0.3 is 0 Å². The predicted molar refractivity (Wildman–Crippen MR) is 105 cm³/mol. The fraction of sp³-hybridized carbons (Fsp3) is 0.579. The molecule has 8 heteroatoms. The van der Waals surface area contributed by atoms with E-state index in [0.717, 1.165) is 19.4 Å². The highest BCUT2D eigenvalue weighted by molar-refractivity contribution is 5.96. The quantitative estimate of drug-likeness (QED) is 0.790. The van der Waals surface area contributed by atoms with E-state index in [-0.39, 0.29) is 36.3 Å². The zero-order valence-electron chi connectivity index (χ0n) is 15.6. The molecule has 1 unspecified atom stereocenters. The third kappa shape index (κ3) is 6.17. The van der Waals surface area contributed by atoms with Crippen molar-refractivity contribution < 1.29 is 19.1 Å². The highest BCUT2D eigenvalue weighted by Gasteiger charge is 2.23. The van der Waals surface area contributed by atoms with E-state index >= 15 is 0 Å². The van der Waals surface area contributed by atoms with Gasteiger partial charge < -0.3 is 25.0 Å². The summed E-state index contributed by atoms with van der Waals surface area (Å²) in [5, 5.41) is 6.13. The van der Waals surface area contributed by atoms with Crippen molar-refractivity contribution in [2.24, 2.45) is 0 Å². The molecule has 2 fully saturated rings. The van der Waals surface area contributed by atoms with E-state index in [1.54, 1.807) is 29.2 Å². The molecule has 2 aliphatic rings. The molecule has 0 saturated carbocycles. The Morgan fingerprint density at radius 3 is 2.48 bits per heavy atom.